The number of benzene rings is 2. The van der Waals surface area contributed by atoms with Crippen LogP contribution in [0.1, 0.15) is 52.7 Å². The second kappa shape index (κ2) is 5.32. The predicted molar refractivity (Wildman–Crippen MR) is 93.2 cm³/mol. The highest BCUT2D eigenvalue weighted by Crippen LogP contribution is 2.63. The molecule has 2 saturated carbocycles. The highest BCUT2D eigenvalue weighted by molar-refractivity contribution is 5.95. The van der Waals surface area contributed by atoms with Gasteiger partial charge in [0.05, 0.1) is 17.3 Å². The van der Waals surface area contributed by atoms with E-state index in [1.165, 1.54) is 31.4 Å². The van der Waals surface area contributed by atoms with E-state index in [1.807, 2.05) is 18.2 Å². The Morgan fingerprint density at radius 3 is 2.60 bits per heavy atom. The summed E-state index contributed by atoms with van der Waals surface area (Å²) in [7, 11) is 0. The zero-order valence-electron chi connectivity index (χ0n) is 13.8. The van der Waals surface area contributed by atoms with Crippen molar-refractivity contribution in [2.75, 3.05) is 5.32 Å². The van der Waals surface area contributed by atoms with Crippen LogP contribution in [0.25, 0.3) is 0 Å². The molecule has 3 aliphatic rings. The molecule has 2 aromatic carbocycles. The number of hydrogen-bond donors (Lipinski definition) is 2. The molecular weight excluding hydrogens is 317 g/mol. The third-order valence-electron chi connectivity index (χ3n) is 6.58. The molecule has 4 heteroatoms. The smallest absolute Gasteiger partial charge is 0.337 e. The fourth-order valence-corrected chi connectivity index (χ4v) is 5.69. The fourth-order valence-electron chi connectivity index (χ4n) is 5.69. The van der Waals surface area contributed by atoms with Crippen LogP contribution in [0, 0.1) is 23.6 Å². The molecular formula is C21H20FNO2. The van der Waals surface area contributed by atoms with Crippen LogP contribution in [-0.4, -0.2) is 11.1 Å². The second-order valence-corrected chi connectivity index (χ2v) is 7.68. The second-order valence-electron chi connectivity index (χ2n) is 7.68. The molecule has 0 amide bonds. The lowest BCUT2D eigenvalue weighted by Gasteiger charge is -2.44. The summed E-state index contributed by atoms with van der Waals surface area (Å²) in [6.45, 7) is 0. The Balaban J connectivity index is 1.67. The standard InChI is InChI=1S/C21H20FNO2/c22-14-8-6-11(7-9-14)19-18-13-5-4-12(10-13)17(18)15-2-1-3-16(21(24)25)20(15)23-19/h1-3,6-9,12-13,17-19,23H,4-5,10H2,(H,24,25)/t12-,13-,17-,18-,19+/m1/s1. The molecule has 1 aliphatic heterocycles. The minimum atomic E-state index is -0.899. The first-order valence-electron chi connectivity index (χ1n) is 9.01. The molecule has 1 heterocycles. The molecule has 0 unspecified atom stereocenters. The first-order chi connectivity index (χ1) is 12.1. The highest BCUT2D eigenvalue weighted by Gasteiger charge is 2.54. The zero-order valence-corrected chi connectivity index (χ0v) is 13.8. The summed E-state index contributed by atoms with van der Waals surface area (Å²) in [4.78, 5) is 11.7. The van der Waals surface area contributed by atoms with Gasteiger partial charge in [-0.3, -0.25) is 0 Å². The van der Waals surface area contributed by atoms with E-state index in [9.17, 15) is 14.3 Å². The molecule has 25 heavy (non-hydrogen) atoms. The molecule has 128 valence electrons. The van der Waals surface area contributed by atoms with Gasteiger partial charge in [0.15, 0.2) is 0 Å². The first kappa shape index (κ1) is 14.9. The van der Waals surface area contributed by atoms with Crippen molar-refractivity contribution in [2.45, 2.75) is 31.2 Å². The lowest BCUT2D eigenvalue weighted by molar-refractivity contribution is 0.0697. The van der Waals surface area contributed by atoms with Crippen LogP contribution in [0.5, 0.6) is 0 Å². The Labute approximate surface area is 145 Å². The van der Waals surface area contributed by atoms with Gasteiger partial charge in [0.25, 0.3) is 0 Å². The third-order valence-corrected chi connectivity index (χ3v) is 6.58. The third kappa shape index (κ3) is 2.13. The number of aromatic carboxylic acids is 1. The molecule has 2 bridgehead atoms. The largest absolute Gasteiger partial charge is 0.478 e. The minimum absolute atomic E-state index is 0.0499. The van der Waals surface area contributed by atoms with Crippen LogP contribution in [0.4, 0.5) is 10.1 Å². The SMILES string of the molecule is O=C(O)c1cccc2c1N[C@@H](c1ccc(F)cc1)[C@@H]1[C@@H]3CC[C@H](C3)[C@H]21. The van der Waals surface area contributed by atoms with Gasteiger partial charge in [-0.15, -0.1) is 0 Å². The first-order valence-corrected chi connectivity index (χ1v) is 9.01. The molecule has 2 aromatic rings. The molecule has 2 aliphatic carbocycles. The molecule has 3 nitrogen and oxygen atoms in total. The van der Waals surface area contributed by atoms with Gasteiger partial charge in [0.1, 0.15) is 5.82 Å². The lowest BCUT2D eigenvalue weighted by atomic mass is 9.67. The average Bonchev–Trinajstić information content (AvgIpc) is 3.23. The normalized spacial score (nSPS) is 32.0. The van der Waals surface area contributed by atoms with Crippen LogP contribution < -0.4 is 5.32 Å². The van der Waals surface area contributed by atoms with Gasteiger partial charge < -0.3 is 10.4 Å². The van der Waals surface area contributed by atoms with E-state index in [4.69, 9.17) is 0 Å². The van der Waals surface area contributed by atoms with Crippen molar-refractivity contribution in [1.82, 2.24) is 0 Å². The van der Waals surface area contributed by atoms with Gasteiger partial charge in [0, 0.05) is 0 Å². The van der Waals surface area contributed by atoms with E-state index in [0.717, 1.165) is 16.8 Å². The summed E-state index contributed by atoms with van der Waals surface area (Å²) in [5, 5.41) is 13.2. The predicted octanol–water partition coefficient (Wildman–Crippen LogP) is 4.82. The quantitative estimate of drug-likeness (QED) is 0.826. The maximum Gasteiger partial charge on any atom is 0.337 e. The van der Waals surface area contributed by atoms with Gasteiger partial charge in [-0.1, -0.05) is 24.3 Å². The van der Waals surface area contributed by atoms with Gasteiger partial charge in [-0.05, 0) is 72.3 Å². The Morgan fingerprint density at radius 2 is 1.84 bits per heavy atom. The number of carboxylic acids is 1. The molecule has 0 radical (unpaired) electrons. The van der Waals surface area contributed by atoms with E-state index < -0.39 is 5.97 Å². The van der Waals surface area contributed by atoms with Crippen molar-refractivity contribution >= 4 is 11.7 Å². The number of anilines is 1. The Kier molecular flexibility index (Phi) is 3.18. The summed E-state index contributed by atoms with van der Waals surface area (Å²) in [6, 6.07) is 12.3. The van der Waals surface area contributed by atoms with E-state index in [-0.39, 0.29) is 11.9 Å². The van der Waals surface area contributed by atoms with Crippen LogP contribution >= 0.6 is 0 Å². The lowest BCUT2D eigenvalue weighted by Crippen LogP contribution is -2.36. The number of rotatable bonds is 2. The van der Waals surface area contributed by atoms with Crippen LogP contribution in [0.3, 0.4) is 0 Å². The summed E-state index contributed by atoms with van der Waals surface area (Å²) in [6.07, 6.45) is 3.71. The Bertz CT molecular complexity index is 847. The molecule has 5 rings (SSSR count). The van der Waals surface area contributed by atoms with Gasteiger partial charge in [0.2, 0.25) is 0 Å². The van der Waals surface area contributed by atoms with Crippen LogP contribution in [0.2, 0.25) is 0 Å². The van der Waals surface area contributed by atoms with E-state index in [2.05, 4.69) is 11.4 Å². The summed E-state index contributed by atoms with van der Waals surface area (Å²) in [5.74, 6) is 1.03. The number of halogens is 1. The molecule has 0 saturated heterocycles. The summed E-state index contributed by atoms with van der Waals surface area (Å²) in [5.41, 5.74) is 3.31. The molecule has 2 fully saturated rings. The molecule has 5 atom stereocenters. The maximum atomic E-state index is 13.4. The average molecular weight is 337 g/mol. The fraction of sp³-hybridized carbons (Fsp3) is 0.381. The topological polar surface area (TPSA) is 49.3 Å². The molecule has 2 N–H and O–H groups in total. The van der Waals surface area contributed by atoms with Crippen molar-refractivity contribution in [1.29, 1.82) is 0 Å². The van der Waals surface area contributed by atoms with Gasteiger partial charge >= 0.3 is 5.97 Å². The summed E-state index contributed by atoms with van der Waals surface area (Å²) < 4.78 is 13.4. The monoisotopic (exact) mass is 337 g/mol. The highest BCUT2D eigenvalue weighted by atomic mass is 19.1. The van der Waals surface area contributed by atoms with E-state index in [0.29, 0.717) is 29.2 Å². The number of hydrogen-bond acceptors (Lipinski definition) is 2. The van der Waals surface area contributed by atoms with Crippen molar-refractivity contribution in [2.24, 2.45) is 17.8 Å². The van der Waals surface area contributed by atoms with Crippen molar-refractivity contribution < 1.29 is 14.3 Å². The summed E-state index contributed by atoms with van der Waals surface area (Å²) >= 11 is 0. The Morgan fingerprint density at radius 1 is 1.08 bits per heavy atom. The molecule has 0 aromatic heterocycles. The van der Waals surface area contributed by atoms with Crippen molar-refractivity contribution in [3.63, 3.8) is 0 Å². The van der Waals surface area contributed by atoms with Crippen LogP contribution in [0.15, 0.2) is 42.5 Å². The number of nitrogens with one attached hydrogen (secondary N) is 1. The zero-order chi connectivity index (χ0) is 17.1. The van der Waals surface area contributed by atoms with E-state index >= 15 is 0 Å². The number of carboxylic acid groups (broad SMARTS) is 1. The van der Waals surface area contributed by atoms with Crippen LogP contribution in [-0.2, 0) is 0 Å². The van der Waals surface area contributed by atoms with E-state index in [1.54, 1.807) is 6.07 Å². The number of fused-ring (bicyclic) bond motifs is 7. The minimum Gasteiger partial charge on any atom is -0.478 e. The maximum absolute atomic E-state index is 13.4. The molecule has 0 spiro atoms. The number of carbonyl (C=O) groups is 1. The van der Waals surface area contributed by atoms with Gasteiger partial charge in [-0.25, -0.2) is 9.18 Å². The Hall–Kier alpha value is -2.36. The van der Waals surface area contributed by atoms with Gasteiger partial charge in [-0.2, -0.15) is 0 Å². The van der Waals surface area contributed by atoms with Crippen molar-refractivity contribution in [3.05, 3.63) is 65.0 Å². The number of para-hydroxylation sites is 1. The van der Waals surface area contributed by atoms with Crippen molar-refractivity contribution in [3.8, 4) is 0 Å².